The highest BCUT2D eigenvalue weighted by molar-refractivity contribution is 6.00. The number of nitrogens with one attached hydrogen (secondary N) is 1. The molecule has 0 aliphatic carbocycles. The van der Waals surface area contributed by atoms with Crippen molar-refractivity contribution < 1.29 is 14.6 Å². The molecular weight excluding hydrogens is 404 g/mol. The number of H-pyrrole nitrogens is 1. The Morgan fingerprint density at radius 2 is 1.97 bits per heavy atom. The van der Waals surface area contributed by atoms with Gasteiger partial charge in [0.15, 0.2) is 0 Å². The number of benzene rings is 2. The number of hydrogen-bond donors (Lipinski definition) is 2. The number of carbonyl (C=O) groups excluding carboxylic acids is 1. The SMILES string of the molecule is COc1ccc([C@H]2c3c(-c4cc(C)ccc4O)n[nH]c3C(=O)N2Cc2cccnc2)cc1. The third kappa shape index (κ3) is 3.28. The van der Waals surface area contributed by atoms with Crippen molar-refractivity contribution >= 4 is 5.91 Å². The average Bonchev–Trinajstić information content (AvgIpc) is 3.35. The van der Waals surface area contributed by atoms with E-state index in [4.69, 9.17) is 4.74 Å². The van der Waals surface area contributed by atoms with Crippen molar-refractivity contribution in [3.8, 4) is 22.8 Å². The number of aryl methyl sites for hydroxylation is 1. The lowest BCUT2D eigenvalue weighted by molar-refractivity contribution is 0.0730. The topological polar surface area (TPSA) is 91.3 Å². The summed E-state index contributed by atoms with van der Waals surface area (Å²) in [5, 5.41) is 17.9. The number of aromatic amines is 1. The average molecular weight is 426 g/mol. The second-order valence-corrected chi connectivity index (χ2v) is 7.85. The smallest absolute Gasteiger partial charge is 0.273 e. The quantitative estimate of drug-likeness (QED) is 0.498. The zero-order valence-electron chi connectivity index (χ0n) is 17.7. The van der Waals surface area contributed by atoms with E-state index < -0.39 is 0 Å². The molecule has 0 saturated carbocycles. The number of amides is 1. The molecule has 4 aromatic rings. The van der Waals surface area contributed by atoms with Gasteiger partial charge in [-0.1, -0.05) is 29.8 Å². The molecule has 0 saturated heterocycles. The predicted molar refractivity (Wildman–Crippen MR) is 119 cm³/mol. The van der Waals surface area contributed by atoms with E-state index in [1.54, 1.807) is 30.5 Å². The molecule has 2 aromatic heterocycles. The largest absolute Gasteiger partial charge is 0.507 e. The lowest BCUT2D eigenvalue weighted by Crippen LogP contribution is -2.29. The Morgan fingerprint density at radius 3 is 2.69 bits per heavy atom. The van der Waals surface area contributed by atoms with Crippen LogP contribution < -0.4 is 4.74 Å². The number of aromatic nitrogens is 3. The van der Waals surface area contributed by atoms with Crippen LogP contribution in [-0.4, -0.2) is 38.2 Å². The normalized spacial score (nSPS) is 15.1. The highest BCUT2D eigenvalue weighted by Gasteiger charge is 2.42. The zero-order valence-corrected chi connectivity index (χ0v) is 17.7. The van der Waals surface area contributed by atoms with E-state index in [1.807, 2.05) is 55.5 Å². The van der Waals surface area contributed by atoms with Crippen LogP contribution in [-0.2, 0) is 6.54 Å². The minimum Gasteiger partial charge on any atom is -0.507 e. The van der Waals surface area contributed by atoms with Crippen LogP contribution in [0.5, 0.6) is 11.5 Å². The number of hydrogen-bond acceptors (Lipinski definition) is 5. The summed E-state index contributed by atoms with van der Waals surface area (Å²) in [5.41, 5.74) is 5.21. The number of fused-ring (bicyclic) bond motifs is 1. The van der Waals surface area contributed by atoms with Crippen molar-refractivity contribution in [2.45, 2.75) is 19.5 Å². The Balaban J connectivity index is 1.67. The molecular formula is C25H22N4O3. The molecule has 32 heavy (non-hydrogen) atoms. The summed E-state index contributed by atoms with van der Waals surface area (Å²) in [4.78, 5) is 19.4. The first-order chi connectivity index (χ1) is 15.6. The van der Waals surface area contributed by atoms with Crippen molar-refractivity contribution in [2.75, 3.05) is 7.11 Å². The monoisotopic (exact) mass is 426 g/mol. The lowest BCUT2D eigenvalue weighted by atomic mass is 9.95. The van der Waals surface area contributed by atoms with E-state index >= 15 is 0 Å². The van der Waals surface area contributed by atoms with E-state index in [-0.39, 0.29) is 17.7 Å². The lowest BCUT2D eigenvalue weighted by Gasteiger charge is -2.26. The van der Waals surface area contributed by atoms with Crippen LogP contribution >= 0.6 is 0 Å². The maximum atomic E-state index is 13.5. The number of phenols is 1. The Morgan fingerprint density at radius 1 is 1.16 bits per heavy atom. The van der Waals surface area contributed by atoms with Crippen molar-refractivity contribution in [2.24, 2.45) is 0 Å². The van der Waals surface area contributed by atoms with Crippen LogP contribution in [0, 0.1) is 6.92 Å². The zero-order chi connectivity index (χ0) is 22.2. The van der Waals surface area contributed by atoms with E-state index in [2.05, 4.69) is 15.2 Å². The fourth-order valence-electron chi connectivity index (χ4n) is 4.23. The molecule has 3 heterocycles. The van der Waals surface area contributed by atoms with Gasteiger partial charge in [-0.15, -0.1) is 0 Å². The minimum atomic E-state index is -0.378. The number of nitrogens with zero attached hydrogens (tertiary/aromatic N) is 3. The first-order valence-corrected chi connectivity index (χ1v) is 10.3. The number of methoxy groups -OCH3 is 1. The van der Waals surface area contributed by atoms with Gasteiger partial charge in [-0.3, -0.25) is 14.9 Å². The second-order valence-electron chi connectivity index (χ2n) is 7.85. The fraction of sp³-hybridized carbons (Fsp3) is 0.160. The van der Waals surface area contributed by atoms with E-state index in [1.165, 1.54) is 0 Å². The van der Waals surface area contributed by atoms with Crippen LogP contribution in [0.1, 0.15) is 38.8 Å². The fourth-order valence-corrected chi connectivity index (χ4v) is 4.23. The second kappa shape index (κ2) is 7.85. The molecule has 5 rings (SSSR count). The first-order valence-electron chi connectivity index (χ1n) is 10.3. The van der Waals surface area contributed by atoms with Gasteiger partial charge in [0, 0.05) is 30.1 Å². The molecule has 1 amide bonds. The summed E-state index contributed by atoms with van der Waals surface area (Å²) in [6, 6.07) is 16.5. The molecule has 7 nitrogen and oxygen atoms in total. The molecule has 1 atom stereocenters. The molecule has 1 aliphatic rings. The Bertz CT molecular complexity index is 1280. The van der Waals surface area contributed by atoms with Crippen LogP contribution in [0.2, 0.25) is 0 Å². The number of phenolic OH excluding ortho intramolecular Hbond substituents is 1. The van der Waals surface area contributed by atoms with Crippen molar-refractivity contribution in [1.29, 1.82) is 0 Å². The molecule has 2 N–H and O–H groups in total. The van der Waals surface area contributed by atoms with Gasteiger partial charge in [0.1, 0.15) is 22.9 Å². The third-order valence-corrected chi connectivity index (χ3v) is 5.78. The van der Waals surface area contributed by atoms with Crippen molar-refractivity contribution in [1.82, 2.24) is 20.1 Å². The van der Waals surface area contributed by atoms with Crippen molar-refractivity contribution in [3.05, 3.63) is 94.9 Å². The molecule has 0 bridgehead atoms. The van der Waals surface area contributed by atoms with E-state index in [0.717, 1.165) is 28.0 Å². The van der Waals surface area contributed by atoms with Gasteiger partial charge < -0.3 is 14.7 Å². The van der Waals surface area contributed by atoms with Gasteiger partial charge in [0.2, 0.25) is 0 Å². The standard InChI is InChI=1S/C25H22N4O3/c1-15-5-10-20(30)19(12-15)22-21-23(28-27-22)25(31)29(14-16-4-3-11-26-13-16)24(21)17-6-8-18(32-2)9-7-17/h3-13,24,30H,14H2,1-2H3,(H,27,28)/t24-/m0/s1. The van der Waals surface area contributed by atoms with Crippen LogP contribution in [0.3, 0.4) is 0 Å². The van der Waals surface area contributed by atoms with Crippen LogP contribution in [0.25, 0.3) is 11.3 Å². The Labute approximate surface area is 185 Å². The van der Waals surface area contributed by atoms with Gasteiger partial charge in [0.25, 0.3) is 5.91 Å². The molecule has 1 aliphatic heterocycles. The van der Waals surface area contributed by atoms with Gasteiger partial charge in [0.05, 0.1) is 13.2 Å². The summed E-state index contributed by atoms with van der Waals surface area (Å²) in [6.07, 6.45) is 3.47. The van der Waals surface area contributed by atoms with E-state index in [9.17, 15) is 9.90 Å². The molecule has 0 radical (unpaired) electrons. The molecule has 160 valence electrons. The predicted octanol–water partition coefficient (Wildman–Crippen LogP) is 4.24. The Hall–Kier alpha value is -4.13. The third-order valence-electron chi connectivity index (χ3n) is 5.78. The number of carbonyl (C=O) groups is 1. The van der Waals surface area contributed by atoms with Crippen LogP contribution in [0.15, 0.2) is 67.0 Å². The van der Waals surface area contributed by atoms with Gasteiger partial charge >= 0.3 is 0 Å². The number of aromatic hydroxyl groups is 1. The minimum absolute atomic E-state index is 0.122. The Kier molecular flexibility index (Phi) is 4.86. The molecule has 0 fully saturated rings. The molecule has 0 unspecified atom stereocenters. The van der Waals surface area contributed by atoms with Gasteiger partial charge in [-0.05, 0) is 48.4 Å². The summed E-state index contributed by atoms with van der Waals surface area (Å²) in [6.45, 7) is 2.35. The summed E-state index contributed by atoms with van der Waals surface area (Å²) in [5.74, 6) is 0.716. The van der Waals surface area contributed by atoms with Gasteiger partial charge in [-0.25, -0.2) is 0 Å². The number of rotatable bonds is 5. The maximum absolute atomic E-state index is 13.5. The highest BCUT2D eigenvalue weighted by atomic mass is 16.5. The molecule has 0 spiro atoms. The maximum Gasteiger partial charge on any atom is 0.273 e. The van der Waals surface area contributed by atoms with Crippen LogP contribution in [0.4, 0.5) is 0 Å². The number of ether oxygens (including phenoxy) is 1. The van der Waals surface area contributed by atoms with E-state index in [0.29, 0.717) is 23.5 Å². The molecule has 2 aromatic carbocycles. The summed E-state index contributed by atoms with van der Waals surface area (Å²) in [7, 11) is 1.62. The van der Waals surface area contributed by atoms with Gasteiger partial charge in [-0.2, -0.15) is 5.10 Å². The summed E-state index contributed by atoms with van der Waals surface area (Å²) < 4.78 is 5.31. The summed E-state index contributed by atoms with van der Waals surface area (Å²) >= 11 is 0. The van der Waals surface area contributed by atoms with Crippen molar-refractivity contribution in [3.63, 3.8) is 0 Å². The molecule has 7 heteroatoms. The number of pyridine rings is 1. The highest BCUT2D eigenvalue weighted by Crippen LogP contribution is 2.45. The first kappa shape index (κ1) is 19.8.